The van der Waals surface area contributed by atoms with E-state index in [4.69, 9.17) is 5.73 Å². The number of nitrogens with one attached hydrogen (secondary N) is 1. The van der Waals surface area contributed by atoms with Crippen molar-refractivity contribution in [1.29, 1.82) is 0 Å². The van der Waals surface area contributed by atoms with Crippen LogP contribution in [-0.2, 0) is 4.79 Å². The lowest BCUT2D eigenvalue weighted by Gasteiger charge is -2.22. The third kappa shape index (κ3) is 4.61. The molecular weight excluding hydrogens is 176 g/mol. The number of hydrogen-bond donors (Lipinski definition) is 2. The van der Waals surface area contributed by atoms with E-state index in [1.165, 1.54) is 19.3 Å². The van der Waals surface area contributed by atoms with Gasteiger partial charge in [-0.2, -0.15) is 0 Å². The van der Waals surface area contributed by atoms with Crippen LogP contribution in [0.4, 0.5) is 0 Å². The fourth-order valence-electron chi connectivity index (χ4n) is 1.91. The fraction of sp³-hybridized carbons (Fsp3) is 0.909. The van der Waals surface area contributed by atoms with E-state index in [-0.39, 0.29) is 11.9 Å². The van der Waals surface area contributed by atoms with Crippen LogP contribution in [0.25, 0.3) is 0 Å². The smallest absolute Gasteiger partial charge is 0.220 e. The van der Waals surface area contributed by atoms with Crippen molar-refractivity contribution in [2.45, 2.75) is 64.0 Å². The summed E-state index contributed by atoms with van der Waals surface area (Å²) in [5.74, 6) is 0.175. The van der Waals surface area contributed by atoms with Crippen LogP contribution in [0.5, 0.6) is 0 Å². The number of rotatable bonds is 4. The number of hydrogen-bond acceptors (Lipinski definition) is 2. The first-order chi connectivity index (χ1) is 6.68. The number of amides is 1. The minimum atomic E-state index is 0.132. The minimum Gasteiger partial charge on any atom is -0.353 e. The summed E-state index contributed by atoms with van der Waals surface area (Å²) < 4.78 is 0. The van der Waals surface area contributed by atoms with Crippen molar-refractivity contribution in [2.75, 3.05) is 0 Å². The Morgan fingerprint density at radius 3 is 2.64 bits per heavy atom. The van der Waals surface area contributed by atoms with Gasteiger partial charge in [-0.25, -0.2) is 0 Å². The maximum atomic E-state index is 11.4. The highest BCUT2D eigenvalue weighted by molar-refractivity contribution is 5.76. The van der Waals surface area contributed by atoms with Gasteiger partial charge in [-0.3, -0.25) is 4.79 Å². The van der Waals surface area contributed by atoms with E-state index in [1.807, 2.05) is 6.92 Å². The molecule has 1 saturated carbocycles. The summed E-state index contributed by atoms with van der Waals surface area (Å²) in [5.41, 5.74) is 5.59. The molecule has 0 spiro atoms. The van der Waals surface area contributed by atoms with Crippen molar-refractivity contribution >= 4 is 5.91 Å². The Labute approximate surface area is 86.4 Å². The van der Waals surface area contributed by atoms with E-state index in [0.717, 1.165) is 19.3 Å². The molecule has 82 valence electrons. The van der Waals surface area contributed by atoms with Crippen molar-refractivity contribution in [2.24, 2.45) is 5.73 Å². The summed E-state index contributed by atoms with van der Waals surface area (Å²) in [7, 11) is 0. The van der Waals surface area contributed by atoms with E-state index in [1.54, 1.807) is 0 Å². The van der Waals surface area contributed by atoms with Gasteiger partial charge in [0.1, 0.15) is 0 Å². The molecule has 0 saturated heterocycles. The second kappa shape index (κ2) is 6.02. The zero-order chi connectivity index (χ0) is 10.4. The largest absolute Gasteiger partial charge is 0.353 e. The zero-order valence-electron chi connectivity index (χ0n) is 9.09. The van der Waals surface area contributed by atoms with Crippen LogP contribution in [0.3, 0.4) is 0 Å². The SMILES string of the molecule is CC(N)CCC(=O)NC1CCCCC1. The van der Waals surface area contributed by atoms with E-state index < -0.39 is 0 Å². The molecule has 1 unspecified atom stereocenters. The molecule has 3 heteroatoms. The Bertz CT molecular complexity index is 174. The highest BCUT2D eigenvalue weighted by Crippen LogP contribution is 2.17. The van der Waals surface area contributed by atoms with E-state index in [2.05, 4.69) is 5.32 Å². The summed E-state index contributed by atoms with van der Waals surface area (Å²) in [6, 6.07) is 0.566. The number of nitrogens with two attached hydrogens (primary N) is 1. The van der Waals surface area contributed by atoms with Crippen molar-refractivity contribution in [3.05, 3.63) is 0 Å². The molecule has 0 aliphatic heterocycles. The molecule has 14 heavy (non-hydrogen) atoms. The standard InChI is InChI=1S/C11H22N2O/c1-9(12)7-8-11(14)13-10-5-3-2-4-6-10/h9-10H,2-8,12H2,1H3,(H,13,14). The van der Waals surface area contributed by atoms with Gasteiger partial charge in [0.15, 0.2) is 0 Å². The molecule has 0 radical (unpaired) electrons. The van der Waals surface area contributed by atoms with E-state index in [9.17, 15) is 4.79 Å². The summed E-state index contributed by atoms with van der Waals surface area (Å²) in [5, 5.41) is 3.08. The topological polar surface area (TPSA) is 55.1 Å². The van der Waals surface area contributed by atoms with Crippen LogP contribution < -0.4 is 11.1 Å². The Morgan fingerprint density at radius 1 is 1.43 bits per heavy atom. The third-order valence-electron chi connectivity index (χ3n) is 2.80. The maximum absolute atomic E-state index is 11.4. The van der Waals surface area contributed by atoms with Crippen LogP contribution in [0.1, 0.15) is 51.9 Å². The first-order valence-corrected chi connectivity index (χ1v) is 5.73. The van der Waals surface area contributed by atoms with Gasteiger partial charge in [0.05, 0.1) is 0 Å². The molecule has 0 aromatic heterocycles. The van der Waals surface area contributed by atoms with Gasteiger partial charge in [0, 0.05) is 18.5 Å². The van der Waals surface area contributed by atoms with Crippen molar-refractivity contribution in [3.63, 3.8) is 0 Å². The second-order valence-electron chi connectivity index (χ2n) is 4.42. The highest BCUT2D eigenvalue weighted by Gasteiger charge is 2.15. The van der Waals surface area contributed by atoms with Crippen LogP contribution in [0, 0.1) is 0 Å². The Kier molecular flexibility index (Phi) is 4.94. The molecule has 0 aromatic rings. The van der Waals surface area contributed by atoms with Crippen LogP contribution >= 0.6 is 0 Å². The van der Waals surface area contributed by atoms with Crippen molar-refractivity contribution < 1.29 is 4.79 Å². The molecule has 0 bridgehead atoms. The molecule has 1 atom stereocenters. The van der Waals surface area contributed by atoms with Gasteiger partial charge < -0.3 is 11.1 Å². The molecule has 1 fully saturated rings. The van der Waals surface area contributed by atoms with Crippen LogP contribution in [0.15, 0.2) is 0 Å². The number of carbonyl (C=O) groups excluding carboxylic acids is 1. The molecule has 1 aliphatic rings. The lowest BCUT2D eigenvalue weighted by atomic mass is 9.95. The molecule has 1 rings (SSSR count). The predicted octanol–water partition coefficient (Wildman–Crippen LogP) is 1.56. The summed E-state index contributed by atoms with van der Waals surface area (Å²) in [4.78, 5) is 11.4. The molecule has 3 N–H and O–H groups in total. The third-order valence-corrected chi connectivity index (χ3v) is 2.80. The lowest BCUT2D eigenvalue weighted by Crippen LogP contribution is -2.36. The lowest BCUT2D eigenvalue weighted by molar-refractivity contribution is -0.122. The van der Waals surface area contributed by atoms with Gasteiger partial charge in [-0.15, -0.1) is 0 Å². The molecule has 1 aliphatic carbocycles. The van der Waals surface area contributed by atoms with Gasteiger partial charge in [-0.1, -0.05) is 19.3 Å². The fourth-order valence-corrected chi connectivity index (χ4v) is 1.91. The van der Waals surface area contributed by atoms with Crippen molar-refractivity contribution in [3.8, 4) is 0 Å². The Balaban J connectivity index is 2.12. The van der Waals surface area contributed by atoms with Crippen LogP contribution in [-0.4, -0.2) is 18.0 Å². The van der Waals surface area contributed by atoms with E-state index >= 15 is 0 Å². The molecule has 0 aromatic carbocycles. The second-order valence-corrected chi connectivity index (χ2v) is 4.42. The first kappa shape index (κ1) is 11.5. The first-order valence-electron chi connectivity index (χ1n) is 5.73. The monoisotopic (exact) mass is 198 g/mol. The summed E-state index contributed by atoms with van der Waals surface area (Å²) in [6.07, 6.45) is 7.53. The molecular formula is C11H22N2O. The van der Waals surface area contributed by atoms with Crippen molar-refractivity contribution in [1.82, 2.24) is 5.32 Å². The Hall–Kier alpha value is -0.570. The molecule has 3 nitrogen and oxygen atoms in total. The van der Waals surface area contributed by atoms with Gasteiger partial charge in [0.2, 0.25) is 5.91 Å². The number of carbonyl (C=O) groups is 1. The van der Waals surface area contributed by atoms with Gasteiger partial charge in [-0.05, 0) is 26.2 Å². The average molecular weight is 198 g/mol. The summed E-state index contributed by atoms with van der Waals surface area (Å²) >= 11 is 0. The highest BCUT2D eigenvalue weighted by atomic mass is 16.1. The van der Waals surface area contributed by atoms with E-state index in [0.29, 0.717) is 12.5 Å². The summed E-state index contributed by atoms with van der Waals surface area (Å²) in [6.45, 7) is 1.94. The maximum Gasteiger partial charge on any atom is 0.220 e. The molecule has 0 heterocycles. The zero-order valence-corrected chi connectivity index (χ0v) is 9.09. The molecule has 1 amide bonds. The van der Waals surface area contributed by atoms with Crippen LogP contribution in [0.2, 0.25) is 0 Å². The quantitative estimate of drug-likeness (QED) is 0.720. The predicted molar refractivity (Wildman–Crippen MR) is 57.9 cm³/mol. The Morgan fingerprint density at radius 2 is 2.07 bits per heavy atom. The normalized spacial score (nSPS) is 20.4. The average Bonchev–Trinajstić information content (AvgIpc) is 2.16. The van der Waals surface area contributed by atoms with Gasteiger partial charge in [0.25, 0.3) is 0 Å². The van der Waals surface area contributed by atoms with Gasteiger partial charge >= 0.3 is 0 Å². The minimum absolute atomic E-state index is 0.132.